The zero-order valence-electron chi connectivity index (χ0n) is 9.97. The summed E-state index contributed by atoms with van der Waals surface area (Å²) in [5, 5.41) is 9.99. The Bertz CT molecular complexity index is 398. The number of nitrogens with two attached hydrogens (primary N) is 1. The molecule has 0 spiro atoms. The van der Waals surface area contributed by atoms with Gasteiger partial charge in [-0.25, -0.2) is 0 Å². The van der Waals surface area contributed by atoms with Crippen LogP contribution in [0.2, 0.25) is 0 Å². The number of aliphatic hydroxyl groups is 1. The summed E-state index contributed by atoms with van der Waals surface area (Å²) in [6.45, 7) is 0. The van der Waals surface area contributed by atoms with E-state index in [9.17, 15) is 5.11 Å². The Labute approximate surface area is 107 Å². The van der Waals surface area contributed by atoms with Gasteiger partial charge in [-0.3, -0.25) is 0 Å². The molecule has 0 amide bonds. The van der Waals surface area contributed by atoms with Gasteiger partial charge in [-0.2, -0.15) is 0 Å². The summed E-state index contributed by atoms with van der Waals surface area (Å²) in [5.41, 5.74) is 7.70. The van der Waals surface area contributed by atoms with Gasteiger partial charge in [-0.1, -0.05) is 6.07 Å². The SMILES string of the molecule is COc1ccc2c(c1OC)CCC(N)C2O.Cl. The molecule has 2 atom stereocenters. The molecular weight excluding hydrogens is 242 g/mol. The zero-order chi connectivity index (χ0) is 11.7. The van der Waals surface area contributed by atoms with E-state index in [0.29, 0.717) is 11.5 Å². The van der Waals surface area contributed by atoms with E-state index in [2.05, 4.69) is 0 Å². The molecule has 2 unspecified atom stereocenters. The van der Waals surface area contributed by atoms with Gasteiger partial charge in [-0.15, -0.1) is 12.4 Å². The molecule has 0 heterocycles. The highest BCUT2D eigenvalue weighted by Gasteiger charge is 2.28. The predicted octanol–water partition coefficient (Wildman–Crippen LogP) is 1.43. The van der Waals surface area contributed by atoms with Gasteiger partial charge in [0.15, 0.2) is 11.5 Å². The number of hydrogen-bond acceptors (Lipinski definition) is 4. The number of ether oxygens (including phenoxy) is 2. The molecule has 0 saturated carbocycles. The Kier molecular flexibility index (Phi) is 4.62. The molecule has 0 fully saturated rings. The van der Waals surface area contributed by atoms with Crippen LogP contribution in [0.25, 0.3) is 0 Å². The highest BCUT2D eigenvalue weighted by molar-refractivity contribution is 5.85. The van der Waals surface area contributed by atoms with Crippen LogP contribution < -0.4 is 15.2 Å². The van der Waals surface area contributed by atoms with Crippen molar-refractivity contribution in [3.8, 4) is 11.5 Å². The Morgan fingerprint density at radius 3 is 2.59 bits per heavy atom. The number of hydrogen-bond donors (Lipinski definition) is 2. The lowest BCUT2D eigenvalue weighted by Gasteiger charge is -2.29. The third kappa shape index (κ3) is 2.34. The fourth-order valence-electron chi connectivity index (χ4n) is 2.24. The molecule has 0 radical (unpaired) electrons. The van der Waals surface area contributed by atoms with E-state index in [0.717, 1.165) is 24.0 Å². The highest BCUT2D eigenvalue weighted by atomic mass is 35.5. The summed E-state index contributed by atoms with van der Waals surface area (Å²) in [6.07, 6.45) is 0.967. The van der Waals surface area contributed by atoms with E-state index < -0.39 is 6.10 Å². The normalized spacial score (nSPS) is 22.4. The van der Waals surface area contributed by atoms with Crippen LogP contribution in [0, 0.1) is 0 Å². The van der Waals surface area contributed by atoms with Gasteiger partial charge < -0.3 is 20.3 Å². The molecule has 2 rings (SSSR count). The third-order valence-corrected chi connectivity index (χ3v) is 3.14. The molecule has 5 heteroatoms. The van der Waals surface area contributed by atoms with Gasteiger partial charge in [0.2, 0.25) is 0 Å². The first-order valence-corrected chi connectivity index (χ1v) is 5.36. The maximum absolute atomic E-state index is 9.99. The molecule has 1 aliphatic rings. The topological polar surface area (TPSA) is 64.7 Å². The molecule has 0 aliphatic heterocycles. The predicted molar refractivity (Wildman–Crippen MR) is 68.1 cm³/mol. The largest absolute Gasteiger partial charge is 0.493 e. The van der Waals surface area contributed by atoms with Gasteiger partial charge in [0.05, 0.1) is 20.3 Å². The van der Waals surface area contributed by atoms with Crippen molar-refractivity contribution in [2.24, 2.45) is 5.73 Å². The van der Waals surface area contributed by atoms with Crippen molar-refractivity contribution >= 4 is 12.4 Å². The van der Waals surface area contributed by atoms with Crippen LogP contribution >= 0.6 is 12.4 Å². The molecule has 1 aromatic carbocycles. The number of methoxy groups -OCH3 is 2. The van der Waals surface area contributed by atoms with Crippen LogP contribution in [0.1, 0.15) is 23.7 Å². The molecule has 17 heavy (non-hydrogen) atoms. The lowest BCUT2D eigenvalue weighted by atomic mass is 9.85. The first-order valence-electron chi connectivity index (χ1n) is 5.36. The Hall–Kier alpha value is -0.970. The number of rotatable bonds is 2. The van der Waals surface area contributed by atoms with E-state index in [4.69, 9.17) is 15.2 Å². The lowest BCUT2D eigenvalue weighted by Crippen LogP contribution is -2.33. The summed E-state index contributed by atoms with van der Waals surface area (Å²) < 4.78 is 10.6. The number of aliphatic hydroxyl groups excluding tert-OH is 1. The van der Waals surface area contributed by atoms with Gasteiger partial charge in [0, 0.05) is 11.6 Å². The van der Waals surface area contributed by atoms with Crippen LogP contribution in [-0.4, -0.2) is 25.4 Å². The molecule has 1 aliphatic carbocycles. The molecule has 3 N–H and O–H groups in total. The van der Waals surface area contributed by atoms with Crippen molar-refractivity contribution in [2.45, 2.75) is 25.0 Å². The average Bonchev–Trinajstić information content (AvgIpc) is 2.32. The van der Waals surface area contributed by atoms with Crippen molar-refractivity contribution in [3.05, 3.63) is 23.3 Å². The molecule has 1 aromatic rings. The van der Waals surface area contributed by atoms with Crippen molar-refractivity contribution in [2.75, 3.05) is 14.2 Å². The van der Waals surface area contributed by atoms with E-state index in [1.807, 2.05) is 6.07 Å². The van der Waals surface area contributed by atoms with Gasteiger partial charge in [0.25, 0.3) is 0 Å². The molecular formula is C12H18ClNO3. The van der Waals surface area contributed by atoms with Crippen LogP contribution in [0.15, 0.2) is 12.1 Å². The zero-order valence-corrected chi connectivity index (χ0v) is 10.8. The number of benzene rings is 1. The highest BCUT2D eigenvalue weighted by Crippen LogP contribution is 2.40. The molecule has 96 valence electrons. The first kappa shape index (κ1) is 14.1. The van der Waals surface area contributed by atoms with E-state index in [-0.39, 0.29) is 18.4 Å². The van der Waals surface area contributed by atoms with Gasteiger partial charge in [-0.05, 0) is 24.5 Å². The molecule has 0 aromatic heterocycles. The summed E-state index contributed by atoms with van der Waals surface area (Å²) in [5.74, 6) is 1.41. The van der Waals surface area contributed by atoms with Crippen molar-refractivity contribution < 1.29 is 14.6 Å². The molecule has 4 nitrogen and oxygen atoms in total. The average molecular weight is 260 g/mol. The minimum absolute atomic E-state index is 0. The van der Waals surface area contributed by atoms with Gasteiger partial charge >= 0.3 is 0 Å². The monoisotopic (exact) mass is 259 g/mol. The maximum Gasteiger partial charge on any atom is 0.164 e. The summed E-state index contributed by atoms with van der Waals surface area (Å²) in [7, 11) is 3.22. The van der Waals surface area contributed by atoms with Crippen molar-refractivity contribution in [3.63, 3.8) is 0 Å². The second kappa shape index (κ2) is 5.58. The molecule has 0 bridgehead atoms. The van der Waals surface area contributed by atoms with Crippen molar-refractivity contribution in [1.82, 2.24) is 0 Å². The smallest absolute Gasteiger partial charge is 0.164 e. The first-order chi connectivity index (χ1) is 7.69. The van der Waals surface area contributed by atoms with E-state index in [1.165, 1.54) is 0 Å². The second-order valence-corrected chi connectivity index (χ2v) is 4.02. The number of fused-ring (bicyclic) bond motifs is 1. The Morgan fingerprint density at radius 1 is 1.29 bits per heavy atom. The maximum atomic E-state index is 9.99. The van der Waals surface area contributed by atoms with Crippen molar-refractivity contribution in [1.29, 1.82) is 0 Å². The van der Waals surface area contributed by atoms with Crippen LogP contribution in [0.4, 0.5) is 0 Å². The molecule has 0 saturated heterocycles. The third-order valence-electron chi connectivity index (χ3n) is 3.14. The van der Waals surface area contributed by atoms with Gasteiger partial charge in [0.1, 0.15) is 0 Å². The second-order valence-electron chi connectivity index (χ2n) is 4.02. The lowest BCUT2D eigenvalue weighted by molar-refractivity contribution is 0.132. The minimum Gasteiger partial charge on any atom is -0.493 e. The summed E-state index contributed by atoms with van der Waals surface area (Å²) >= 11 is 0. The fraction of sp³-hybridized carbons (Fsp3) is 0.500. The number of halogens is 1. The van der Waals surface area contributed by atoms with E-state index >= 15 is 0 Å². The quantitative estimate of drug-likeness (QED) is 0.843. The van der Waals surface area contributed by atoms with E-state index in [1.54, 1.807) is 20.3 Å². The Balaban J connectivity index is 0.00000144. The van der Waals surface area contributed by atoms with Crippen LogP contribution in [0.3, 0.4) is 0 Å². The fourth-order valence-corrected chi connectivity index (χ4v) is 2.24. The summed E-state index contributed by atoms with van der Waals surface area (Å²) in [6, 6.07) is 3.48. The van der Waals surface area contributed by atoms with Crippen LogP contribution in [0.5, 0.6) is 11.5 Å². The van der Waals surface area contributed by atoms with Crippen LogP contribution in [-0.2, 0) is 6.42 Å². The minimum atomic E-state index is -0.608. The Morgan fingerprint density at radius 2 is 2.00 bits per heavy atom. The standard InChI is InChI=1S/C12H17NO3.ClH/c1-15-10-6-4-7-8(12(10)16-2)3-5-9(13)11(7)14;/h4,6,9,11,14H,3,5,13H2,1-2H3;1H. The summed E-state index contributed by atoms with van der Waals surface area (Å²) in [4.78, 5) is 0.